The summed E-state index contributed by atoms with van der Waals surface area (Å²) in [6.45, 7) is 0.725. The summed E-state index contributed by atoms with van der Waals surface area (Å²) in [4.78, 5) is 10.0. The molecule has 0 amide bonds. The highest BCUT2D eigenvalue weighted by atomic mass is 32.1. The van der Waals surface area contributed by atoms with Crippen molar-refractivity contribution < 1.29 is 0 Å². The number of hydrogen-bond acceptors (Lipinski definition) is 4. The van der Waals surface area contributed by atoms with E-state index in [0.717, 1.165) is 23.8 Å². The van der Waals surface area contributed by atoms with Gasteiger partial charge in [0.05, 0.1) is 17.1 Å². The van der Waals surface area contributed by atoms with E-state index in [4.69, 9.17) is 0 Å². The molecule has 19 heavy (non-hydrogen) atoms. The first kappa shape index (κ1) is 11.9. The van der Waals surface area contributed by atoms with Crippen molar-refractivity contribution >= 4 is 17.0 Å². The van der Waals surface area contributed by atoms with Gasteiger partial charge in [-0.25, -0.2) is 4.98 Å². The van der Waals surface area contributed by atoms with Gasteiger partial charge in [-0.1, -0.05) is 6.07 Å². The lowest BCUT2D eigenvalue weighted by atomic mass is 10.3. The zero-order chi connectivity index (χ0) is 13.1. The van der Waals surface area contributed by atoms with E-state index in [1.54, 1.807) is 11.3 Å². The highest BCUT2D eigenvalue weighted by Crippen LogP contribution is 2.23. The quantitative estimate of drug-likeness (QED) is 0.792. The van der Waals surface area contributed by atoms with E-state index in [1.807, 2.05) is 37.8 Å². The van der Waals surface area contributed by atoms with Gasteiger partial charge >= 0.3 is 0 Å². The van der Waals surface area contributed by atoms with Gasteiger partial charge in [0.15, 0.2) is 0 Å². The van der Waals surface area contributed by atoms with Gasteiger partial charge < -0.3 is 9.88 Å². The zero-order valence-electron chi connectivity index (χ0n) is 10.6. The molecular weight excluding hydrogens is 256 g/mol. The number of imidazole rings is 1. The van der Waals surface area contributed by atoms with Crippen LogP contribution in [0.2, 0.25) is 0 Å². The van der Waals surface area contributed by atoms with Crippen LogP contribution in [-0.4, -0.2) is 21.6 Å². The molecule has 0 radical (unpaired) electrons. The average molecular weight is 270 g/mol. The fourth-order valence-electron chi connectivity index (χ4n) is 1.96. The summed E-state index contributed by atoms with van der Waals surface area (Å²) in [5, 5.41) is 5.19. The first-order valence-electron chi connectivity index (χ1n) is 6.04. The Morgan fingerprint density at radius 2 is 2.21 bits per heavy atom. The SMILES string of the molecule is CNc1ccnc(Cn2ccnc2-c2cccs2)c1. The average Bonchev–Trinajstić information content (AvgIpc) is 3.09. The fraction of sp³-hybridized carbons (Fsp3) is 0.143. The lowest BCUT2D eigenvalue weighted by molar-refractivity contribution is 0.783. The molecule has 0 aromatic carbocycles. The van der Waals surface area contributed by atoms with E-state index in [2.05, 4.69) is 37.4 Å². The molecule has 0 saturated heterocycles. The third-order valence-electron chi connectivity index (χ3n) is 2.89. The molecule has 0 unspecified atom stereocenters. The molecule has 0 aliphatic heterocycles. The van der Waals surface area contributed by atoms with Crippen LogP contribution < -0.4 is 5.32 Å². The largest absolute Gasteiger partial charge is 0.388 e. The maximum atomic E-state index is 4.43. The predicted octanol–water partition coefficient (Wildman–Crippen LogP) is 3.10. The van der Waals surface area contributed by atoms with Crippen molar-refractivity contribution in [3.05, 3.63) is 53.9 Å². The van der Waals surface area contributed by atoms with Gasteiger partial charge in [-0.05, 0) is 23.6 Å². The summed E-state index contributed by atoms with van der Waals surface area (Å²) >= 11 is 1.70. The molecule has 1 N–H and O–H groups in total. The minimum Gasteiger partial charge on any atom is -0.388 e. The molecule has 0 aliphatic rings. The van der Waals surface area contributed by atoms with Crippen LogP contribution in [0.15, 0.2) is 48.2 Å². The molecule has 0 atom stereocenters. The van der Waals surface area contributed by atoms with Gasteiger partial charge in [-0.15, -0.1) is 11.3 Å². The molecule has 5 heteroatoms. The number of rotatable bonds is 4. The van der Waals surface area contributed by atoms with Crippen LogP contribution in [-0.2, 0) is 6.54 Å². The smallest absolute Gasteiger partial charge is 0.150 e. The summed E-state index contributed by atoms with van der Waals surface area (Å²) < 4.78 is 2.12. The maximum absolute atomic E-state index is 4.43. The second-order valence-electron chi connectivity index (χ2n) is 4.14. The highest BCUT2D eigenvalue weighted by Gasteiger charge is 2.07. The number of nitrogens with one attached hydrogen (secondary N) is 1. The molecule has 3 aromatic heterocycles. The summed E-state index contributed by atoms with van der Waals surface area (Å²) in [5.74, 6) is 0.992. The van der Waals surface area contributed by atoms with Gasteiger partial charge in [0, 0.05) is 31.3 Å². The number of aromatic nitrogens is 3. The van der Waals surface area contributed by atoms with E-state index < -0.39 is 0 Å². The number of hydrogen-bond donors (Lipinski definition) is 1. The molecule has 3 heterocycles. The monoisotopic (exact) mass is 270 g/mol. The second-order valence-corrected chi connectivity index (χ2v) is 5.09. The Hall–Kier alpha value is -2.14. The van der Waals surface area contributed by atoms with Crippen LogP contribution in [0.3, 0.4) is 0 Å². The number of nitrogens with zero attached hydrogens (tertiary/aromatic N) is 3. The van der Waals surface area contributed by atoms with Gasteiger partial charge in [-0.3, -0.25) is 4.98 Å². The van der Waals surface area contributed by atoms with Crippen LogP contribution in [0.25, 0.3) is 10.7 Å². The van der Waals surface area contributed by atoms with Crippen LogP contribution in [0.4, 0.5) is 5.69 Å². The van der Waals surface area contributed by atoms with Gasteiger partial charge in [0.1, 0.15) is 5.82 Å². The Balaban J connectivity index is 1.89. The van der Waals surface area contributed by atoms with Crippen LogP contribution >= 0.6 is 11.3 Å². The molecular formula is C14H14N4S. The Labute approximate surface area is 115 Å². The molecule has 3 aromatic rings. The minimum atomic E-state index is 0.725. The summed E-state index contributed by atoms with van der Waals surface area (Å²) in [5.41, 5.74) is 2.09. The van der Waals surface area contributed by atoms with Crippen molar-refractivity contribution in [1.82, 2.24) is 14.5 Å². The molecule has 0 aliphatic carbocycles. The van der Waals surface area contributed by atoms with Gasteiger partial charge in [-0.2, -0.15) is 0 Å². The van der Waals surface area contributed by atoms with E-state index in [-0.39, 0.29) is 0 Å². The van der Waals surface area contributed by atoms with Crippen molar-refractivity contribution in [1.29, 1.82) is 0 Å². The summed E-state index contributed by atoms with van der Waals surface area (Å²) in [7, 11) is 1.91. The lowest BCUT2D eigenvalue weighted by Gasteiger charge is -2.07. The topological polar surface area (TPSA) is 42.7 Å². The number of pyridine rings is 1. The Morgan fingerprint density at radius 1 is 1.26 bits per heavy atom. The van der Waals surface area contributed by atoms with E-state index in [1.165, 1.54) is 4.88 Å². The first-order chi connectivity index (χ1) is 9.36. The Morgan fingerprint density at radius 3 is 3.00 bits per heavy atom. The Kier molecular flexibility index (Phi) is 3.29. The molecule has 4 nitrogen and oxygen atoms in total. The molecule has 0 fully saturated rings. The summed E-state index contributed by atoms with van der Waals surface area (Å²) in [6.07, 6.45) is 5.64. The van der Waals surface area contributed by atoms with Crippen molar-refractivity contribution in [3.63, 3.8) is 0 Å². The minimum absolute atomic E-state index is 0.725. The number of anilines is 1. The lowest BCUT2D eigenvalue weighted by Crippen LogP contribution is -2.03. The van der Waals surface area contributed by atoms with Crippen molar-refractivity contribution in [2.75, 3.05) is 12.4 Å². The van der Waals surface area contributed by atoms with Crippen LogP contribution in [0, 0.1) is 0 Å². The van der Waals surface area contributed by atoms with Crippen molar-refractivity contribution in [3.8, 4) is 10.7 Å². The van der Waals surface area contributed by atoms with Crippen molar-refractivity contribution in [2.24, 2.45) is 0 Å². The first-order valence-corrected chi connectivity index (χ1v) is 6.92. The van der Waals surface area contributed by atoms with Crippen LogP contribution in [0.5, 0.6) is 0 Å². The van der Waals surface area contributed by atoms with Crippen molar-refractivity contribution in [2.45, 2.75) is 6.54 Å². The van der Waals surface area contributed by atoms with E-state index in [0.29, 0.717) is 0 Å². The van der Waals surface area contributed by atoms with E-state index in [9.17, 15) is 0 Å². The number of thiophene rings is 1. The predicted molar refractivity (Wildman–Crippen MR) is 78.4 cm³/mol. The standard InChI is InChI=1S/C14H14N4S/c1-15-11-4-5-16-12(9-11)10-18-7-6-17-14(18)13-3-2-8-19-13/h2-9H,10H2,1H3,(H,15,16). The van der Waals surface area contributed by atoms with Gasteiger partial charge in [0.2, 0.25) is 0 Å². The highest BCUT2D eigenvalue weighted by molar-refractivity contribution is 7.13. The van der Waals surface area contributed by atoms with E-state index >= 15 is 0 Å². The maximum Gasteiger partial charge on any atom is 0.150 e. The Bertz CT molecular complexity index is 658. The third-order valence-corrected chi connectivity index (χ3v) is 3.76. The fourth-order valence-corrected chi connectivity index (χ4v) is 2.70. The molecule has 0 spiro atoms. The normalized spacial score (nSPS) is 10.6. The third kappa shape index (κ3) is 2.51. The molecule has 3 rings (SSSR count). The zero-order valence-corrected chi connectivity index (χ0v) is 11.4. The van der Waals surface area contributed by atoms with Crippen LogP contribution in [0.1, 0.15) is 5.69 Å². The molecule has 0 bridgehead atoms. The second kappa shape index (κ2) is 5.24. The summed E-state index contributed by atoms with van der Waals surface area (Å²) in [6, 6.07) is 8.13. The molecule has 96 valence electrons. The van der Waals surface area contributed by atoms with Gasteiger partial charge in [0.25, 0.3) is 0 Å². The molecule has 0 saturated carbocycles.